The van der Waals surface area contributed by atoms with Crippen LogP contribution < -0.4 is 10.2 Å². The van der Waals surface area contributed by atoms with Gasteiger partial charge in [-0.15, -0.1) is 0 Å². The van der Waals surface area contributed by atoms with Crippen LogP contribution in [0.5, 0.6) is 0 Å². The molecule has 140 valence electrons. The fourth-order valence-electron chi connectivity index (χ4n) is 2.65. The van der Waals surface area contributed by atoms with Gasteiger partial charge in [-0.3, -0.25) is 14.6 Å². The third kappa shape index (κ3) is 4.83. The van der Waals surface area contributed by atoms with Crippen LogP contribution in [0.2, 0.25) is 10.0 Å². The van der Waals surface area contributed by atoms with E-state index in [0.717, 1.165) is 5.56 Å². The SMILES string of the molecule is CN=C(NCc1ccc(Cl)cc1)S[C@H]1CC(=O)N(c2ccc(Cl)cc2)C1=O. The van der Waals surface area contributed by atoms with E-state index >= 15 is 0 Å². The van der Waals surface area contributed by atoms with Gasteiger partial charge in [-0.1, -0.05) is 47.1 Å². The normalized spacial score (nSPS) is 17.5. The first-order valence-electron chi connectivity index (χ1n) is 8.22. The first kappa shape index (κ1) is 19.7. The summed E-state index contributed by atoms with van der Waals surface area (Å²) < 4.78 is 0. The molecule has 2 aromatic carbocycles. The molecule has 0 unspecified atom stereocenters. The number of nitrogens with zero attached hydrogens (tertiary/aromatic N) is 2. The number of thioether (sulfide) groups is 1. The average Bonchev–Trinajstić information content (AvgIpc) is 2.94. The highest BCUT2D eigenvalue weighted by Gasteiger charge is 2.40. The van der Waals surface area contributed by atoms with Crippen LogP contribution in [0, 0.1) is 0 Å². The molecule has 8 heteroatoms. The molecule has 2 aromatic rings. The Bertz CT molecular complexity index is 870. The van der Waals surface area contributed by atoms with Crippen LogP contribution in [0.4, 0.5) is 5.69 Å². The molecule has 0 aliphatic carbocycles. The Balaban J connectivity index is 1.63. The molecule has 1 atom stereocenters. The topological polar surface area (TPSA) is 61.8 Å². The first-order valence-corrected chi connectivity index (χ1v) is 9.85. The van der Waals surface area contributed by atoms with Gasteiger partial charge in [0.1, 0.15) is 5.25 Å². The Morgan fingerprint density at radius 3 is 2.30 bits per heavy atom. The van der Waals surface area contributed by atoms with Gasteiger partial charge in [-0.05, 0) is 42.0 Å². The number of benzene rings is 2. The largest absolute Gasteiger partial charge is 0.361 e. The van der Waals surface area contributed by atoms with Gasteiger partial charge in [0.25, 0.3) is 0 Å². The molecule has 1 heterocycles. The minimum absolute atomic E-state index is 0.133. The second-order valence-electron chi connectivity index (χ2n) is 5.86. The predicted molar refractivity (Wildman–Crippen MR) is 112 cm³/mol. The Morgan fingerprint density at radius 1 is 1.11 bits per heavy atom. The Kier molecular flexibility index (Phi) is 6.42. The second kappa shape index (κ2) is 8.78. The summed E-state index contributed by atoms with van der Waals surface area (Å²) in [5.41, 5.74) is 1.57. The van der Waals surface area contributed by atoms with Crippen molar-refractivity contribution in [2.45, 2.75) is 18.2 Å². The lowest BCUT2D eigenvalue weighted by Gasteiger charge is -2.15. The molecule has 1 N–H and O–H groups in total. The minimum atomic E-state index is -0.510. The summed E-state index contributed by atoms with van der Waals surface area (Å²) in [6, 6.07) is 14.1. The van der Waals surface area contributed by atoms with Gasteiger partial charge in [0, 0.05) is 30.1 Å². The Labute approximate surface area is 171 Å². The molecule has 1 fully saturated rings. The van der Waals surface area contributed by atoms with Crippen molar-refractivity contribution in [1.82, 2.24) is 5.32 Å². The van der Waals surface area contributed by atoms with Crippen LogP contribution in [0.3, 0.4) is 0 Å². The number of amidine groups is 1. The second-order valence-corrected chi connectivity index (χ2v) is 7.93. The number of nitrogens with one attached hydrogen (secondary N) is 1. The maximum atomic E-state index is 12.7. The van der Waals surface area contributed by atoms with Crippen molar-refractivity contribution in [2.75, 3.05) is 11.9 Å². The molecule has 0 bridgehead atoms. The molecular weight excluding hydrogens is 405 g/mol. The van der Waals surface area contributed by atoms with Gasteiger partial charge in [-0.2, -0.15) is 0 Å². The van der Waals surface area contributed by atoms with Gasteiger partial charge in [0.05, 0.1) is 5.69 Å². The fraction of sp³-hybridized carbons (Fsp3) is 0.211. The van der Waals surface area contributed by atoms with E-state index < -0.39 is 5.25 Å². The maximum absolute atomic E-state index is 12.7. The van der Waals surface area contributed by atoms with E-state index in [0.29, 0.717) is 27.4 Å². The number of hydrogen-bond acceptors (Lipinski definition) is 4. The summed E-state index contributed by atoms with van der Waals surface area (Å²) in [5.74, 6) is -0.477. The number of aliphatic imine (C=N–C) groups is 1. The Hall–Kier alpha value is -2.02. The van der Waals surface area contributed by atoms with E-state index in [-0.39, 0.29) is 18.2 Å². The molecule has 0 radical (unpaired) electrons. The van der Waals surface area contributed by atoms with Gasteiger partial charge in [-0.25, -0.2) is 4.90 Å². The summed E-state index contributed by atoms with van der Waals surface area (Å²) in [5, 5.41) is 4.52. The highest BCUT2D eigenvalue weighted by atomic mass is 35.5. The fourth-order valence-corrected chi connectivity index (χ4v) is 3.86. The van der Waals surface area contributed by atoms with Gasteiger partial charge in [0.15, 0.2) is 5.17 Å². The average molecular weight is 422 g/mol. The smallest absolute Gasteiger partial charge is 0.247 e. The van der Waals surface area contributed by atoms with E-state index in [1.54, 1.807) is 31.3 Å². The van der Waals surface area contributed by atoms with E-state index in [1.807, 2.05) is 24.3 Å². The maximum Gasteiger partial charge on any atom is 0.247 e. The lowest BCUT2D eigenvalue weighted by Crippen LogP contribution is -2.32. The number of carbonyl (C=O) groups is 2. The molecule has 3 rings (SSSR count). The van der Waals surface area contributed by atoms with Crippen LogP contribution in [0.1, 0.15) is 12.0 Å². The van der Waals surface area contributed by atoms with Crippen LogP contribution >= 0.6 is 35.0 Å². The third-order valence-corrected chi connectivity index (χ3v) is 5.71. The van der Waals surface area contributed by atoms with E-state index in [2.05, 4.69) is 10.3 Å². The molecule has 5 nitrogen and oxygen atoms in total. The Morgan fingerprint density at radius 2 is 1.70 bits per heavy atom. The van der Waals surface area contributed by atoms with Crippen molar-refractivity contribution >= 4 is 57.6 Å². The van der Waals surface area contributed by atoms with Crippen molar-refractivity contribution in [3.63, 3.8) is 0 Å². The molecule has 2 amide bonds. The highest BCUT2D eigenvalue weighted by Crippen LogP contribution is 2.30. The molecule has 0 spiro atoms. The number of hydrogen-bond donors (Lipinski definition) is 1. The van der Waals surface area contributed by atoms with Crippen LogP contribution in [-0.2, 0) is 16.1 Å². The van der Waals surface area contributed by atoms with Crippen LogP contribution in [0.15, 0.2) is 53.5 Å². The minimum Gasteiger partial charge on any atom is -0.361 e. The van der Waals surface area contributed by atoms with Crippen molar-refractivity contribution in [3.05, 3.63) is 64.1 Å². The summed E-state index contributed by atoms with van der Waals surface area (Å²) in [4.78, 5) is 30.5. The van der Waals surface area contributed by atoms with Crippen molar-refractivity contribution in [3.8, 4) is 0 Å². The molecule has 27 heavy (non-hydrogen) atoms. The molecule has 1 aliphatic heterocycles. The van der Waals surface area contributed by atoms with Crippen LogP contribution in [0.25, 0.3) is 0 Å². The van der Waals surface area contributed by atoms with Gasteiger partial charge < -0.3 is 5.32 Å². The third-order valence-electron chi connectivity index (χ3n) is 4.00. The molecule has 0 saturated carbocycles. The van der Waals surface area contributed by atoms with Crippen molar-refractivity contribution in [2.24, 2.45) is 4.99 Å². The quantitative estimate of drug-likeness (QED) is 0.457. The number of imide groups is 1. The summed E-state index contributed by atoms with van der Waals surface area (Å²) >= 11 is 13.0. The highest BCUT2D eigenvalue weighted by molar-refractivity contribution is 8.15. The zero-order chi connectivity index (χ0) is 19.4. The first-order chi connectivity index (χ1) is 13.0. The van der Waals surface area contributed by atoms with Crippen molar-refractivity contribution in [1.29, 1.82) is 0 Å². The lowest BCUT2D eigenvalue weighted by molar-refractivity contribution is -0.121. The molecule has 0 aromatic heterocycles. The zero-order valence-corrected chi connectivity index (χ0v) is 16.8. The zero-order valence-electron chi connectivity index (χ0n) is 14.5. The van der Waals surface area contributed by atoms with Crippen LogP contribution in [-0.4, -0.2) is 29.3 Å². The molecule has 1 aliphatic rings. The predicted octanol–water partition coefficient (Wildman–Crippen LogP) is 4.13. The van der Waals surface area contributed by atoms with Gasteiger partial charge >= 0.3 is 0 Å². The summed E-state index contributed by atoms with van der Waals surface area (Å²) in [6.45, 7) is 0.548. The standard InChI is InChI=1S/C19H17Cl2N3O2S/c1-22-19(23-11-12-2-4-13(20)5-3-12)27-16-10-17(25)24(18(16)26)15-8-6-14(21)7-9-15/h2-9,16H,10-11H2,1H3,(H,22,23)/t16-/m0/s1. The molecule has 1 saturated heterocycles. The lowest BCUT2D eigenvalue weighted by atomic mass is 10.2. The number of anilines is 1. The van der Waals surface area contributed by atoms with E-state index in [9.17, 15) is 9.59 Å². The van der Waals surface area contributed by atoms with E-state index in [1.165, 1.54) is 16.7 Å². The number of carbonyl (C=O) groups excluding carboxylic acids is 2. The summed E-state index contributed by atoms with van der Waals surface area (Å²) in [7, 11) is 1.65. The number of halogens is 2. The van der Waals surface area contributed by atoms with Gasteiger partial charge in [0.2, 0.25) is 11.8 Å². The van der Waals surface area contributed by atoms with Crippen molar-refractivity contribution < 1.29 is 9.59 Å². The number of amides is 2. The summed E-state index contributed by atoms with van der Waals surface area (Å²) in [6.07, 6.45) is 0.133. The number of rotatable bonds is 4. The van der Waals surface area contributed by atoms with E-state index in [4.69, 9.17) is 23.2 Å². The monoisotopic (exact) mass is 421 g/mol. The molecular formula is C19H17Cl2N3O2S.